The van der Waals surface area contributed by atoms with Crippen molar-refractivity contribution in [2.45, 2.75) is 6.04 Å². The SMILES string of the molecule is O=C(O)C1C=CC=CN1O. The average Bonchev–Trinajstić information content (AvgIpc) is 1.88. The van der Waals surface area contributed by atoms with Crippen molar-refractivity contribution in [3.63, 3.8) is 0 Å². The number of hydrogen-bond acceptors (Lipinski definition) is 3. The molecule has 4 nitrogen and oxygen atoms in total. The molecule has 0 aromatic carbocycles. The lowest BCUT2D eigenvalue weighted by Crippen LogP contribution is -2.34. The molecule has 0 aromatic rings. The summed E-state index contributed by atoms with van der Waals surface area (Å²) < 4.78 is 0. The first kappa shape index (κ1) is 6.82. The van der Waals surface area contributed by atoms with Gasteiger partial charge in [-0.3, -0.25) is 5.21 Å². The minimum absolute atomic E-state index is 0.641. The molecule has 10 heavy (non-hydrogen) atoms. The highest BCUT2D eigenvalue weighted by Gasteiger charge is 2.19. The average molecular weight is 141 g/mol. The Hall–Kier alpha value is -1.29. The van der Waals surface area contributed by atoms with Gasteiger partial charge in [0.1, 0.15) is 0 Å². The second kappa shape index (κ2) is 2.53. The predicted octanol–water partition coefficient (Wildman–Crippen LogP) is 0.214. The molecule has 0 radical (unpaired) electrons. The van der Waals surface area contributed by atoms with Crippen LogP contribution in [0.2, 0.25) is 0 Å². The van der Waals surface area contributed by atoms with Crippen molar-refractivity contribution < 1.29 is 15.1 Å². The summed E-state index contributed by atoms with van der Waals surface area (Å²) in [6.07, 6.45) is 5.81. The molecule has 0 aromatic heterocycles. The van der Waals surface area contributed by atoms with Gasteiger partial charge >= 0.3 is 5.97 Å². The number of aliphatic carboxylic acids is 1. The third-order valence-electron chi connectivity index (χ3n) is 1.18. The van der Waals surface area contributed by atoms with Gasteiger partial charge in [0.05, 0.1) is 0 Å². The zero-order valence-electron chi connectivity index (χ0n) is 5.14. The third kappa shape index (κ3) is 1.16. The van der Waals surface area contributed by atoms with Gasteiger partial charge in [0.25, 0.3) is 0 Å². The Balaban J connectivity index is 2.70. The van der Waals surface area contributed by atoms with E-state index in [0.29, 0.717) is 5.06 Å². The maximum Gasteiger partial charge on any atom is 0.332 e. The Morgan fingerprint density at radius 2 is 2.20 bits per heavy atom. The predicted molar refractivity (Wildman–Crippen MR) is 33.3 cm³/mol. The number of nitrogens with zero attached hydrogens (tertiary/aromatic N) is 1. The van der Waals surface area contributed by atoms with Crippen molar-refractivity contribution in [2.75, 3.05) is 0 Å². The van der Waals surface area contributed by atoms with Gasteiger partial charge in [-0.25, -0.2) is 9.86 Å². The first-order valence-corrected chi connectivity index (χ1v) is 2.77. The van der Waals surface area contributed by atoms with Gasteiger partial charge in [-0.2, -0.15) is 0 Å². The molecule has 0 saturated carbocycles. The number of carbonyl (C=O) groups is 1. The van der Waals surface area contributed by atoms with Crippen LogP contribution in [-0.2, 0) is 4.79 Å². The molecule has 1 aliphatic rings. The summed E-state index contributed by atoms with van der Waals surface area (Å²) in [6.45, 7) is 0. The Morgan fingerprint density at radius 1 is 1.50 bits per heavy atom. The zero-order valence-corrected chi connectivity index (χ0v) is 5.14. The summed E-state index contributed by atoms with van der Waals surface area (Å²) >= 11 is 0. The number of hydroxylamine groups is 2. The summed E-state index contributed by atoms with van der Waals surface area (Å²) in [5.41, 5.74) is 0. The highest BCUT2D eigenvalue weighted by molar-refractivity contribution is 5.76. The quantitative estimate of drug-likeness (QED) is 0.548. The molecule has 1 unspecified atom stereocenters. The van der Waals surface area contributed by atoms with Crippen LogP contribution < -0.4 is 0 Å². The summed E-state index contributed by atoms with van der Waals surface area (Å²) in [5.74, 6) is -1.07. The molecule has 0 aliphatic carbocycles. The van der Waals surface area contributed by atoms with Crippen molar-refractivity contribution in [2.24, 2.45) is 0 Å². The van der Waals surface area contributed by atoms with E-state index in [1.807, 2.05) is 0 Å². The Morgan fingerprint density at radius 3 is 2.60 bits per heavy atom. The van der Waals surface area contributed by atoms with Crippen molar-refractivity contribution >= 4 is 5.97 Å². The third-order valence-corrected chi connectivity index (χ3v) is 1.18. The smallest absolute Gasteiger partial charge is 0.332 e. The lowest BCUT2D eigenvalue weighted by molar-refractivity contribution is -0.153. The largest absolute Gasteiger partial charge is 0.479 e. The van der Waals surface area contributed by atoms with Gasteiger partial charge in [0, 0.05) is 6.20 Å². The molecule has 1 rings (SSSR count). The van der Waals surface area contributed by atoms with E-state index in [2.05, 4.69) is 0 Å². The van der Waals surface area contributed by atoms with Crippen LogP contribution in [0.3, 0.4) is 0 Å². The zero-order chi connectivity index (χ0) is 7.56. The van der Waals surface area contributed by atoms with Gasteiger partial charge in [-0.1, -0.05) is 6.08 Å². The molecule has 54 valence electrons. The minimum Gasteiger partial charge on any atom is -0.479 e. The summed E-state index contributed by atoms with van der Waals surface area (Å²) in [6, 6.07) is -0.940. The van der Waals surface area contributed by atoms with Crippen LogP contribution in [0.1, 0.15) is 0 Å². The van der Waals surface area contributed by atoms with E-state index >= 15 is 0 Å². The van der Waals surface area contributed by atoms with E-state index in [4.69, 9.17) is 10.3 Å². The minimum atomic E-state index is -1.07. The van der Waals surface area contributed by atoms with Crippen molar-refractivity contribution in [3.05, 3.63) is 24.4 Å². The molecule has 1 aliphatic heterocycles. The summed E-state index contributed by atoms with van der Waals surface area (Å²) in [4.78, 5) is 10.3. The molecule has 0 spiro atoms. The van der Waals surface area contributed by atoms with Crippen LogP contribution >= 0.6 is 0 Å². The molecular formula is C6H7NO3. The van der Waals surface area contributed by atoms with E-state index in [9.17, 15) is 4.79 Å². The number of allylic oxidation sites excluding steroid dienone is 2. The lowest BCUT2D eigenvalue weighted by atomic mass is 10.2. The standard InChI is InChI=1S/C6H7NO3/c8-6(9)5-3-1-2-4-7(5)10/h1-5,10H,(H,8,9). The van der Waals surface area contributed by atoms with Crippen LogP contribution in [0.5, 0.6) is 0 Å². The number of carboxylic acids is 1. The Kier molecular flexibility index (Phi) is 1.73. The summed E-state index contributed by atoms with van der Waals surface area (Å²) in [7, 11) is 0. The molecule has 4 heteroatoms. The first-order valence-electron chi connectivity index (χ1n) is 2.77. The van der Waals surface area contributed by atoms with Crippen LogP contribution in [0.4, 0.5) is 0 Å². The van der Waals surface area contributed by atoms with E-state index in [1.165, 1.54) is 12.3 Å². The first-order chi connectivity index (χ1) is 4.72. The van der Waals surface area contributed by atoms with Gasteiger partial charge in [-0.05, 0) is 12.2 Å². The lowest BCUT2D eigenvalue weighted by Gasteiger charge is -2.19. The number of hydrogen-bond donors (Lipinski definition) is 2. The maximum absolute atomic E-state index is 10.3. The number of carboxylic acid groups (broad SMARTS) is 1. The van der Waals surface area contributed by atoms with Gasteiger partial charge in [0.2, 0.25) is 0 Å². The highest BCUT2D eigenvalue weighted by atomic mass is 16.5. The maximum atomic E-state index is 10.3. The monoisotopic (exact) mass is 141 g/mol. The normalized spacial score (nSPS) is 23.3. The van der Waals surface area contributed by atoms with Gasteiger partial charge < -0.3 is 5.11 Å². The van der Waals surface area contributed by atoms with Gasteiger partial charge in [0.15, 0.2) is 6.04 Å². The van der Waals surface area contributed by atoms with E-state index in [1.54, 1.807) is 12.2 Å². The topological polar surface area (TPSA) is 60.8 Å². The fourth-order valence-electron chi connectivity index (χ4n) is 0.684. The van der Waals surface area contributed by atoms with E-state index in [-0.39, 0.29) is 0 Å². The second-order valence-electron chi connectivity index (χ2n) is 1.89. The second-order valence-corrected chi connectivity index (χ2v) is 1.89. The molecule has 2 N–H and O–H groups in total. The van der Waals surface area contributed by atoms with E-state index < -0.39 is 12.0 Å². The molecule has 0 amide bonds. The molecular weight excluding hydrogens is 134 g/mol. The van der Waals surface area contributed by atoms with Crippen LogP contribution in [0.15, 0.2) is 24.4 Å². The Bertz CT molecular complexity index is 197. The van der Waals surface area contributed by atoms with Crippen LogP contribution in [-0.4, -0.2) is 27.4 Å². The highest BCUT2D eigenvalue weighted by Crippen LogP contribution is 2.04. The number of rotatable bonds is 1. The Labute approximate surface area is 57.6 Å². The van der Waals surface area contributed by atoms with E-state index in [0.717, 1.165) is 0 Å². The fourth-order valence-corrected chi connectivity index (χ4v) is 0.684. The molecule has 1 heterocycles. The molecule has 0 bridgehead atoms. The van der Waals surface area contributed by atoms with Crippen molar-refractivity contribution in [1.82, 2.24) is 5.06 Å². The van der Waals surface area contributed by atoms with Crippen LogP contribution in [0, 0.1) is 0 Å². The van der Waals surface area contributed by atoms with Crippen molar-refractivity contribution in [1.29, 1.82) is 0 Å². The van der Waals surface area contributed by atoms with Gasteiger partial charge in [-0.15, -0.1) is 0 Å². The summed E-state index contributed by atoms with van der Waals surface area (Å²) in [5, 5.41) is 17.9. The molecule has 0 saturated heterocycles. The molecule has 0 fully saturated rings. The fraction of sp³-hybridized carbons (Fsp3) is 0.167. The van der Waals surface area contributed by atoms with Crippen molar-refractivity contribution in [3.8, 4) is 0 Å². The molecule has 1 atom stereocenters. The van der Waals surface area contributed by atoms with Crippen LogP contribution in [0.25, 0.3) is 0 Å².